The molecule has 0 aliphatic carbocycles. The van der Waals surface area contributed by atoms with Gasteiger partial charge in [-0.25, -0.2) is 4.98 Å². The van der Waals surface area contributed by atoms with Gasteiger partial charge in [0.25, 0.3) is 0 Å². The van der Waals surface area contributed by atoms with Crippen molar-refractivity contribution >= 4 is 11.7 Å². The molecule has 1 aliphatic heterocycles. The Hall–Kier alpha value is -1.58. The third-order valence-electron chi connectivity index (χ3n) is 3.41. The summed E-state index contributed by atoms with van der Waals surface area (Å²) in [5.74, 6) is 0.683. The van der Waals surface area contributed by atoms with Crippen LogP contribution in [0.3, 0.4) is 0 Å². The van der Waals surface area contributed by atoms with Gasteiger partial charge < -0.3 is 10.6 Å². The third-order valence-corrected chi connectivity index (χ3v) is 3.41. The summed E-state index contributed by atoms with van der Waals surface area (Å²) in [7, 11) is 0. The van der Waals surface area contributed by atoms with Crippen LogP contribution in [0, 0.1) is 6.92 Å². The molecule has 2 rings (SSSR count). The topological polar surface area (TPSA) is 59.2 Å². The lowest BCUT2D eigenvalue weighted by Crippen LogP contribution is -2.37. The van der Waals surface area contributed by atoms with Crippen LogP contribution in [-0.4, -0.2) is 22.3 Å². The molecule has 1 unspecified atom stereocenters. The van der Waals surface area contributed by atoms with Crippen LogP contribution in [0.15, 0.2) is 12.1 Å². The molecule has 0 bridgehead atoms. The summed E-state index contributed by atoms with van der Waals surface area (Å²) in [5, 5.41) is 0. The van der Waals surface area contributed by atoms with E-state index in [2.05, 4.69) is 4.98 Å². The summed E-state index contributed by atoms with van der Waals surface area (Å²) >= 11 is 0. The number of aromatic nitrogens is 1. The Labute approximate surface area is 102 Å². The summed E-state index contributed by atoms with van der Waals surface area (Å²) in [5.41, 5.74) is 7.73. The van der Waals surface area contributed by atoms with Gasteiger partial charge in [-0.05, 0) is 37.8 Å². The molecule has 1 aromatic rings. The van der Waals surface area contributed by atoms with Crippen molar-refractivity contribution < 1.29 is 4.79 Å². The number of nitrogens with zero attached hydrogens (tertiary/aromatic N) is 2. The zero-order chi connectivity index (χ0) is 12.4. The molecule has 4 heteroatoms. The van der Waals surface area contributed by atoms with E-state index in [1.54, 1.807) is 6.92 Å². The fourth-order valence-corrected chi connectivity index (χ4v) is 2.58. The number of hydrogen-bond donors (Lipinski definition) is 1. The second kappa shape index (κ2) is 4.73. The van der Waals surface area contributed by atoms with Gasteiger partial charge in [-0.15, -0.1) is 0 Å². The maximum absolute atomic E-state index is 11.6. The Balaban J connectivity index is 2.32. The van der Waals surface area contributed by atoms with Gasteiger partial charge in [0.15, 0.2) is 0 Å². The summed E-state index contributed by atoms with van der Waals surface area (Å²) in [6.45, 7) is 4.45. The van der Waals surface area contributed by atoms with Crippen LogP contribution in [-0.2, 0) is 4.79 Å². The van der Waals surface area contributed by atoms with E-state index in [1.165, 1.54) is 0 Å². The second-order valence-corrected chi connectivity index (χ2v) is 4.63. The van der Waals surface area contributed by atoms with Crippen molar-refractivity contribution in [3.63, 3.8) is 0 Å². The number of piperidine rings is 1. The molecule has 1 atom stereocenters. The Morgan fingerprint density at radius 2 is 2.24 bits per heavy atom. The van der Waals surface area contributed by atoms with E-state index in [9.17, 15) is 4.79 Å². The number of likely N-dealkylation sites (tertiary alicyclic amines) is 1. The fraction of sp³-hybridized carbons (Fsp3) is 0.538. The first kappa shape index (κ1) is 11.9. The molecule has 2 N–H and O–H groups in total. The summed E-state index contributed by atoms with van der Waals surface area (Å²) < 4.78 is 0. The minimum Gasteiger partial charge on any atom is -0.384 e. The van der Waals surface area contributed by atoms with Crippen LogP contribution < -0.4 is 5.73 Å². The molecule has 2 heterocycles. The van der Waals surface area contributed by atoms with E-state index in [0.717, 1.165) is 37.1 Å². The number of aryl methyl sites for hydroxylation is 1. The average molecular weight is 233 g/mol. The van der Waals surface area contributed by atoms with Crippen LogP contribution in [0.4, 0.5) is 5.82 Å². The molecule has 0 radical (unpaired) electrons. The predicted molar refractivity (Wildman–Crippen MR) is 67.4 cm³/mol. The van der Waals surface area contributed by atoms with Crippen molar-refractivity contribution in [2.75, 3.05) is 12.3 Å². The standard InChI is InChI=1S/C13H19N3O/c1-9-11(6-7-13(14)15-9)12-5-3-4-8-16(12)10(2)17/h6-7,12H,3-5,8H2,1-2H3,(H2,14,15). The minimum atomic E-state index is 0.144. The lowest BCUT2D eigenvalue weighted by Gasteiger charge is -2.35. The van der Waals surface area contributed by atoms with E-state index in [4.69, 9.17) is 5.73 Å². The van der Waals surface area contributed by atoms with Gasteiger partial charge >= 0.3 is 0 Å². The van der Waals surface area contributed by atoms with Crippen LogP contribution in [0.2, 0.25) is 0 Å². The molecule has 0 aromatic carbocycles. The predicted octanol–water partition coefficient (Wildman–Crippen LogP) is 2.05. The number of carbonyl (C=O) groups excluding carboxylic acids is 1. The van der Waals surface area contributed by atoms with Crippen LogP contribution >= 0.6 is 0 Å². The maximum atomic E-state index is 11.6. The number of carbonyl (C=O) groups is 1. The van der Waals surface area contributed by atoms with Gasteiger partial charge in [-0.2, -0.15) is 0 Å². The van der Waals surface area contributed by atoms with Crippen molar-refractivity contribution in [1.29, 1.82) is 0 Å². The molecule has 1 saturated heterocycles. The number of nitrogen functional groups attached to an aromatic ring is 1. The molecule has 92 valence electrons. The molecular weight excluding hydrogens is 214 g/mol. The number of hydrogen-bond acceptors (Lipinski definition) is 3. The normalized spacial score (nSPS) is 20.4. The van der Waals surface area contributed by atoms with Crippen molar-refractivity contribution in [1.82, 2.24) is 9.88 Å². The van der Waals surface area contributed by atoms with E-state index in [-0.39, 0.29) is 11.9 Å². The van der Waals surface area contributed by atoms with Gasteiger partial charge in [0.2, 0.25) is 5.91 Å². The van der Waals surface area contributed by atoms with Crippen LogP contribution in [0.1, 0.15) is 43.5 Å². The Kier molecular flexibility index (Phi) is 3.31. The first-order valence-electron chi connectivity index (χ1n) is 6.10. The van der Waals surface area contributed by atoms with Gasteiger partial charge in [0.1, 0.15) is 5.82 Å². The molecule has 1 aliphatic rings. The Morgan fingerprint density at radius 3 is 2.88 bits per heavy atom. The Morgan fingerprint density at radius 1 is 1.47 bits per heavy atom. The highest BCUT2D eigenvalue weighted by Gasteiger charge is 2.27. The molecule has 4 nitrogen and oxygen atoms in total. The van der Waals surface area contributed by atoms with E-state index in [0.29, 0.717) is 5.82 Å². The third kappa shape index (κ3) is 2.40. The molecule has 1 fully saturated rings. The maximum Gasteiger partial charge on any atom is 0.219 e. The first-order chi connectivity index (χ1) is 8.09. The lowest BCUT2D eigenvalue weighted by atomic mass is 9.94. The molecule has 1 amide bonds. The van der Waals surface area contributed by atoms with Crippen molar-refractivity contribution in [2.45, 2.75) is 39.2 Å². The van der Waals surface area contributed by atoms with E-state index in [1.807, 2.05) is 24.0 Å². The van der Waals surface area contributed by atoms with Gasteiger partial charge in [0, 0.05) is 19.2 Å². The van der Waals surface area contributed by atoms with Gasteiger partial charge in [-0.3, -0.25) is 4.79 Å². The molecule has 0 spiro atoms. The second-order valence-electron chi connectivity index (χ2n) is 4.63. The molecular formula is C13H19N3O. The first-order valence-corrected chi connectivity index (χ1v) is 6.10. The SMILES string of the molecule is CC(=O)N1CCCCC1c1ccc(N)nc1C. The van der Waals surface area contributed by atoms with Crippen molar-refractivity contribution in [3.05, 3.63) is 23.4 Å². The highest BCUT2D eigenvalue weighted by atomic mass is 16.2. The summed E-state index contributed by atoms with van der Waals surface area (Å²) in [6.07, 6.45) is 3.28. The number of nitrogens with two attached hydrogens (primary N) is 1. The zero-order valence-electron chi connectivity index (χ0n) is 10.4. The quantitative estimate of drug-likeness (QED) is 0.807. The number of rotatable bonds is 1. The monoisotopic (exact) mass is 233 g/mol. The summed E-state index contributed by atoms with van der Waals surface area (Å²) in [4.78, 5) is 17.9. The Bertz CT molecular complexity index is 431. The highest BCUT2D eigenvalue weighted by Crippen LogP contribution is 2.32. The lowest BCUT2D eigenvalue weighted by molar-refractivity contribution is -0.132. The molecule has 17 heavy (non-hydrogen) atoms. The smallest absolute Gasteiger partial charge is 0.219 e. The summed E-state index contributed by atoms with van der Waals surface area (Å²) in [6, 6.07) is 3.99. The van der Waals surface area contributed by atoms with E-state index < -0.39 is 0 Å². The fourth-order valence-electron chi connectivity index (χ4n) is 2.58. The van der Waals surface area contributed by atoms with E-state index >= 15 is 0 Å². The number of pyridine rings is 1. The van der Waals surface area contributed by atoms with Crippen molar-refractivity contribution in [3.8, 4) is 0 Å². The van der Waals surface area contributed by atoms with Crippen molar-refractivity contribution in [2.24, 2.45) is 0 Å². The molecule has 0 saturated carbocycles. The van der Waals surface area contributed by atoms with Crippen LogP contribution in [0.25, 0.3) is 0 Å². The largest absolute Gasteiger partial charge is 0.384 e. The molecule has 1 aromatic heterocycles. The van der Waals surface area contributed by atoms with Crippen LogP contribution in [0.5, 0.6) is 0 Å². The van der Waals surface area contributed by atoms with Gasteiger partial charge in [0.05, 0.1) is 6.04 Å². The average Bonchev–Trinajstić information content (AvgIpc) is 2.29. The number of anilines is 1. The number of amides is 1. The zero-order valence-corrected chi connectivity index (χ0v) is 10.4. The van der Waals surface area contributed by atoms with Gasteiger partial charge in [-0.1, -0.05) is 6.07 Å². The highest BCUT2D eigenvalue weighted by molar-refractivity contribution is 5.74. The minimum absolute atomic E-state index is 0.144.